The van der Waals surface area contributed by atoms with E-state index >= 15 is 0 Å². The molecule has 2 fully saturated rings. The van der Waals surface area contributed by atoms with Crippen LogP contribution in [-0.4, -0.2) is 135 Å². The van der Waals surface area contributed by atoms with Crippen molar-refractivity contribution in [1.29, 1.82) is 0 Å². The highest BCUT2D eigenvalue weighted by atomic mass is 16.6. The smallest absolute Gasteiger partial charge is 0.410 e. The largest absolute Gasteiger partial charge is 0.461 e. The first-order chi connectivity index (χ1) is 23.5. The Labute approximate surface area is 297 Å². The molecule has 0 spiro atoms. The number of piperazine rings is 1. The van der Waals surface area contributed by atoms with Gasteiger partial charge >= 0.3 is 18.0 Å². The van der Waals surface area contributed by atoms with Crippen LogP contribution in [0.3, 0.4) is 0 Å². The highest BCUT2D eigenvalue weighted by Crippen LogP contribution is 2.38. The number of amides is 1. The average molecular weight is 711 g/mol. The van der Waals surface area contributed by atoms with Gasteiger partial charge < -0.3 is 44.3 Å². The summed E-state index contributed by atoms with van der Waals surface area (Å²) in [5.41, 5.74) is -2.49. The third-order valence-corrected chi connectivity index (χ3v) is 10.3. The van der Waals surface area contributed by atoms with E-state index in [-0.39, 0.29) is 55.8 Å². The molecule has 11 atom stereocenters. The normalized spacial score (nSPS) is 33.6. The molecule has 0 aromatic rings. The van der Waals surface area contributed by atoms with Crippen molar-refractivity contribution in [1.82, 2.24) is 9.80 Å². The molecule has 13 heteroatoms. The number of β-amino-alcohol motifs (C(OH)–C–C–N with tert-alkyl or cyclic N) is 1. The summed E-state index contributed by atoms with van der Waals surface area (Å²) in [6.45, 7) is 14.9. The van der Waals surface area contributed by atoms with Gasteiger partial charge in [-0.05, 0) is 51.5 Å². The van der Waals surface area contributed by atoms with E-state index in [1.165, 1.54) is 6.92 Å². The third-order valence-electron chi connectivity index (χ3n) is 10.3. The van der Waals surface area contributed by atoms with Crippen molar-refractivity contribution in [2.75, 3.05) is 39.3 Å². The molecule has 50 heavy (non-hydrogen) atoms. The van der Waals surface area contributed by atoms with Crippen molar-refractivity contribution in [2.24, 2.45) is 17.8 Å². The molecule has 2 saturated heterocycles. The van der Waals surface area contributed by atoms with E-state index in [4.69, 9.17) is 18.9 Å². The summed E-state index contributed by atoms with van der Waals surface area (Å²) in [4.78, 5) is 42.4. The van der Waals surface area contributed by atoms with Gasteiger partial charge in [0.25, 0.3) is 0 Å². The first kappa shape index (κ1) is 41.9. The number of hydrogen-bond acceptors (Lipinski definition) is 12. The van der Waals surface area contributed by atoms with E-state index in [0.29, 0.717) is 52.0 Å². The Hall–Kier alpha value is -2.55. The maximum atomic E-state index is 13.4. The lowest BCUT2D eigenvalue weighted by Gasteiger charge is -2.40. The van der Waals surface area contributed by atoms with Gasteiger partial charge in [0.2, 0.25) is 0 Å². The number of cyclic esters (lactones) is 1. The van der Waals surface area contributed by atoms with E-state index in [9.17, 15) is 34.8 Å². The lowest BCUT2D eigenvalue weighted by molar-refractivity contribution is -0.159. The SMILES string of the molecule is CC[C@H](O)[C@@H](C)[C@H]1O[C@@H]1C[C@@](C)(O)/C=C/CC(C)[C@H]1OC(=O)C[C@H](O)CC[C@@](C)(OC(=O)N2CCN(CCO)CC2)[C@@H](OC(C)=O)/C=C/[C@@H]1C. The number of carbonyl (C=O) groups is 3. The van der Waals surface area contributed by atoms with Gasteiger partial charge in [-0.15, -0.1) is 0 Å². The molecular formula is C37H62N2O11. The molecule has 0 aliphatic carbocycles. The van der Waals surface area contributed by atoms with E-state index < -0.39 is 53.6 Å². The van der Waals surface area contributed by atoms with Crippen LogP contribution in [0.15, 0.2) is 24.3 Å². The molecule has 0 radical (unpaired) electrons. The van der Waals surface area contributed by atoms with Gasteiger partial charge in [-0.1, -0.05) is 45.9 Å². The van der Waals surface area contributed by atoms with Crippen molar-refractivity contribution >= 4 is 18.0 Å². The first-order valence-electron chi connectivity index (χ1n) is 18.3. The highest BCUT2D eigenvalue weighted by Gasteiger charge is 2.47. The second-order valence-corrected chi connectivity index (χ2v) is 15.0. The maximum Gasteiger partial charge on any atom is 0.410 e. The minimum absolute atomic E-state index is 0.0158. The molecule has 1 unspecified atom stereocenters. The molecule has 0 aromatic heterocycles. The topological polar surface area (TPSA) is 179 Å². The number of ether oxygens (including phenoxy) is 4. The number of nitrogens with zero attached hydrogens (tertiary/aromatic N) is 2. The highest BCUT2D eigenvalue weighted by molar-refractivity contribution is 5.70. The van der Waals surface area contributed by atoms with Crippen LogP contribution in [0.5, 0.6) is 0 Å². The molecule has 4 N–H and O–H groups in total. The van der Waals surface area contributed by atoms with Crippen molar-refractivity contribution in [3.63, 3.8) is 0 Å². The number of carbonyl (C=O) groups excluding carboxylic acids is 3. The Kier molecular flexibility index (Phi) is 15.7. The number of aliphatic hydroxyl groups is 4. The van der Waals surface area contributed by atoms with Crippen molar-refractivity contribution in [3.05, 3.63) is 24.3 Å². The summed E-state index contributed by atoms with van der Waals surface area (Å²) in [6, 6.07) is 0. The number of rotatable bonds is 13. The minimum Gasteiger partial charge on any atom is -0.461 e. The van der Waals surface area contributed by atoms with E-state index in [2.05, 4.69) is 4.90 Å². The van der Waals surface area contributed by atoms with Gasteiger partial charge in [0.15, 0.2) is 11.7 Å². The van der Waals surface area contributed by atoms with Gasteiger partial charge in [0.05, 0.1) is 43.0 Å². The van der Waals surface area contributed by atoms with Crippen molar-refractivity contribution in [2.45, 2.75) is 135 Å². The molecule has 0 saturated carbocycles. The van der Waals surface area contributed by atoms with Crippen LogP contribution in [-0.2, 0) is 28.5 Å². The summed E-state index contributed by atoms with van der Waals surface area (Å²) in [5, 5.41) is 41.3. The number of esters is 2. The molecular weight excluding hydrogens is 648 g/mol. The molecule has 286 valence electrons. The van der Waals surface area contributed by atoms with Crippen LogP contribution in [0.1, 0.15) is 87.0 Å². The zero-order valence-electron chi connectivity index (χ0n) is 31.0. The summed E-state index contributed by atoms with van der Waals surface area (Å²) in [6.07, 6.45) is 4.60. The number of epoxide rings is 1. The number of aliphatic hydroxyl groups excluding tert-OH is 3. The zero-order valence-corrected chi connectivity index (χ0v) is 31.0. The lowest BCUT2D eigenvalue weighted by atomic mass is 9.86. The lowest BCUT2D eigenvalue weighted by Crippen LogP contribution is -2.53. The van der Waals surface area contributed by atoms with E-state index in [1.807, 2.05) is 33.8 Å². The van der Waals surface area contributed by atoms with Crippen LogP contribution in [0.4, 0.5) is 4.79 Å². The van der Waals surface area contributed by atoms with Crippen LogP contribution < -0.4 is 0 Å². The van der Waals surface area contributed by atoms with E-state index in [1.54, 1.807) is 37.0 Å². The molecule has 0 bridgehead atoms. The monoisotopic (exact) mass is 710 g/mol. The Morgan fingerprint density at radius 1 is 1.18 bits per heavy atom. The molecule has 1 amide bonds. The Bertz CT molecular complexity index is 1170. The molecule has 3 heterocycles. The summed E-state index contributed by atoms with van der Waals surface area (Å²) >= 11 is 0. The third kappa shape index (κ3) is 12.6. The Morgan fingerprint density at radius 2 is 1.86 bits per heavy atom. The number of allylic oxidation sites excluding steroid dienone is 1. The predicted molar refractivity (Wildman–Crippen MR) is 186 cm³/mol. The van der Waals surface area contributed by atoms with Gasteiger partial charge in [0, 0.05) is 57.9 Å². The van der Waals surface area contributed by atoms with Crippen molar-refractivity contribution in [3.8, 4) is 0 Å². The minimum atomic E-state index is -1.35. The van der Waals surface area contributed by atoms with Gasteiger partial charge in [-0.25, -0.2) is 4.79 Å². The quantitative estimate of drug-likeness (QED) is 0.0952. The Balaban J connectivity index is 1.74. The average Bonchev–Trinajstić information content (AvgIpc) is 3.81. The van der Waals surface area contributed by atoms with Crippen LogP contribution in [0.25, 0.3) is 0 Å². The van der Waals surface area contributed by atoms with Crippen LogP contribution >= 0.6 is 0 Å². The summed E-state index contributed by atoms with van der Waals surface area (Å²) < 4.78 is 23.5. The molecule has 3 aliphatic rings. The fraction of sp³-hybridized carbons (Fsp3) is 0.811. The summed E-state index contributed by atoms with van der Waals surface area (Å²) in [7, 11) is 0. The molecule has 13 nitrogen and oxygen atoms in total. The van der Waals surface area contributed by atoms with Crippen molar-refractivity contribution < 1.29 is 53.8 Å². The molecule has 0 aromatic carbocycles. The second-order valence-electron chi connectivity index (χ2n) is 15.0. The molecule has 3 aliphatic heterocycles. The fourth-order valence-corrected chi connectivity index (χ4v) is 6.95. The zero-order chi connectivity index (χ0) is 37.2. The Morgan fingerprint density at radius 3 is 2.48 bits per heavy atom. The van der Waals surface area contributed by atoms with Gasteiger partial charge in [-0.2, -0.15) is 0 Å². The molecule has 3 rings (SSSR count). The standard InChI is InChI=1S/C37H62N2O11/c1-8-29(43)26(4)34-30(48-34)23-36(6,46)14-9-10-24(2)33-25(3)11-12-31(47-27(5)41)37(7,15-13-28(42)22-32(44)49-33)50-35(45)39-18-16-38(17-19-39)20-21-40/h9,11-12,14,24-26,28-31,33-34,40,42-43,46H,8,10,13,15-23H2,1-7H3/b12-11+,14-9+/t24?,25-,26+,28+,29-,30+,31-,33+,34+,36-,37+/m0/s1. The van der Waals surface area contributed by atoms with Crippen LogP contribution in [0, 0.1) is 17.8 Å². The van der Waals surface area contributed by atoms with Gasteiger partial charge in [-0.3, -0.25) is 14.5 Å². The fourth-order valence-electron chi connectivity index (χ4n) is 6.95. The number of hydrogen-bond donors (Lipinski definition) is 4. The van der Waals surface area contributed by atoms with Crippen LogP contribution in [0.2, 0.25) is 0 Å². The summed E-state index contributed by atoms with van der Waals surface area (Å²) in [5.74, 6) is -1.69. The van der Waals surface area contributed by atoms with E-state index in [0.717, 1.165) is 0 Å². The maximum absolute atomic E-state index is 13.4. The second kappa shape index (κ2) is 18.8. The predicted octanol–water partition coefficient (Wildman–Crippen LogP) is 2.97. The first-order valence-corrected chi connectivity index (χ1v) is 18.3. The van der Waals surface area contributed by atoms with Gasteiger partial charge in [0.1, 0.15) is 6.10 Å².